The molecule has 1 rings (SSSR count). The number of aliphatic carboxylic acids is 1. The lowest BCUT2D eigenvalue weighted by Gasteiger charge is -2.13. The van der Waals surface area contributed by atoms with Gasteiger partial charge in [0, 0.05) is 18.7 Å². The summed E-state index contributed by atoms with van der Waals surface area (Å²) in [4.78, 5) is 10.4. The molecule has 0 fully saturated rings. The molecule has 0 saturated heterocycles. The SMILES string of the molecule is COCCOCOc1c(C=CC=CC(=O)O)cccc1OC. The number of hydrogen-bond donors (Lipinski definition) is 1. The van der Waals surface area contributed by atoms with Gasteiger partial charge in [-0.3, -0.25) is 0 Å². The quantitative estimate of drug-likeness (QED) is 0.309. The van der Waals surface area contributed by atoms with Crippen LogP contribution < -0.4 is 9.47 Å². The maximum absolute atomic E-state index is 10.4. The summed E-state index contributed by atoms with van der Waals surface area (Å²) in [6, 6.07) is 5.42. The van der Waals surface area contributed by atoms with E-state index in [2.05, 4.69) is 0 Å². The van der Waals surface area contributed by atoms with Crippen molar-refractivity contribution in [2.45, 2.75) is 0 Å². The van der Waals surface area contributed by atoms with Crippen LogP contribution in [-0.4, -0.2) is 45.3 Å². The van der Waals surface area contributed by atoms with E-state index in [4.69, 9.17) is 24.1 Å². The van der Waals surface area contributed by atoms with Crippen molar-refractivity contribution in [3.8, 4) is 11.5 Å². The highest BCUT2D eigenvalue weighted by Gasteiger charge is 2.08. The predicted molar refractivity (Wildman–Crippen MR) is 82.1 cm³/mol. The van der Waals surface area contributed by atoms with Crippen LogP contribution in [0.3, 0.4) is 0 Å². The summed E-state index contributed by atoms with van der Waals surface area (Å²) in [7, 11) is 3.14. The van der Waals surface area contributed by atoms with E-state index in [0.29, 0.717) is 24.7 Å². The Kier molecular flexibility index (Phi) is 8.40. The average Bonchev–Trinajstić information content (AvgIpc) is 2.51. The van der Waals surface area contributed by atoms with Gasteiger partial charge in [0.15, 0.2) is 18.3 Å². The molecule has 0 atom stereocenters. The predicted octanol–water partition coefficient (Wildman–Crippen LogP) is 2.35. The molecular formula is C16H20O6. The van der Waals surface area contributed by atoms with Crippen LogP contribution in [0.1, 0.15) is 5.56 Å². The van der Waals surface area contributed by atoms with Crippen LogP contribution in [0.15, 0.2) is 36.4 Å². The standard InChI is InChI=1S/C16H20O6/c1-19-10-11-21-12-22-16-13(6-3-4-9-15(17)18)7-5-8-14(16)20-2/h3-9H,10-12H2,1-2H3,(H,17,18). The van der Waals surface area contributed by atoms with Gasteiger partial charge in [-0.2, -0.15) is 0 Å². The van der Waals surface area contributed by atoms with E-state index in [0.717, 1.165) is 11.6 Å². The zero-order valence-electron chi connectivity index (χ0n) is 12.7. The third-order valence-electron chi connectivity index (χ3n) is 2.57. The second-order valence-corrected chi connectivity index (χ2v) is 4.10. The number of methoxy groups -OCH3 is 2. The normalized spacial score (nSPS) is 11.2. The van der Waals surface area contributed by atoms with Crippen LogP contribution >= 0.6 is 0 Å². The van der Waals surface area contributed by atoms with Gasteiger partial charge in [0.1, 0.15) is 0 Å². The van der Waals surface area contributed by atoms with Crippen molar-refractivity contribution in [1.29, 1.82) is 0 Å². The fraction of sp³-hybridized carbons (Fsp3) is 0.312. The first kappa shape index (κ1) is 17.7. The molecule has 0 saturated carbocycles. The minimum absolute atomic E-state index is 0.0650. The lowest BCUT2D eigenvalue weighted by atomic mass is 10.1. The summed E-state index contributed by atoms with van der Waals surface area (Å²) in [6.45, 7) is 0.982. The third-order valence-corrected chi connectivity index (χ3v) is 2.57. The molecule has 0 amide bonds. The highest BCUT2D eigenvalue weighted by Crippen LogP contribution is 2.32. The molecule has 0 aliphatic rings. The number of benzene rings is 1. The van der Waals surface area contributed by atoms with Gasteiger partial charge in [-0.15, -0.1) is 0 Å². The molecule has 1 aromatic rings. The molecule has 6 heteroatoms. The Morgan fingerprint density at radius 3 is 2.73 bits per heavy atom. The van der Waals surface area contributed by atoms with Gasteiger partial charge in [-0.05, 0) is 6.07 Å². The molecule has 120 valence electrons. The van der Waals surface area contributed by atoms with Crippen molar-refractivity contribution in [1.82, 2.24) is 0 Å². The van der Waals surface area contributed by atoms with Gasteiger partial charge < -0.3 is 24.1 Å². The molecule has 22 heavy (non-hydrogen) atoms. The Balaban J connectivity index is 2.76. The second kappa shape index (κ2) is 10.4. The van der Waals surface area contributed by atoms with Crippen LogP contribution in [0.2, 0.25) is 0 Å². The smallest absolute Gasteiger partial charge is 0.328 e. The molecule has 0 unspecified atom stereocenters. The van der Waals surface area contributed by atoms with Gasteiger partial charge in [0.05, 0.1) is 20.3 Å². The maximum Gasteiger partial charge on any atom is 0.328 e. The summed E-state index contributed by atoms with van der Waals surface area (Å²) in [5, 5.41) is 8.54. The summed E-state index contributed by atoms with van der Waals surface area (Å²) in [6.07, 6.45) is 5.82. The Morgan fingerprint density at radius 2 is 2.05 bits per heavy atom. The minimum atomic E-state index is -1.00. The fourth-order valence-corrected chi connectivity index (χ4v) is 1.58. The van der Waals surface area contributed by atoms with E-state index in [1.807, 2.05) is 12.1 Å². The van der Waals surface area contributed by atoms with E-state index in [-0.39, 0.29) is 6.79 Å². The molecule has 0 bridgehead atoms. The first-order valence-electron chi connectivity index (χ1n) is 6.63. The number of carbonyl (C=O) groups is 1. The monoisotopic (exact) mass is 308 g/mol. The van der Waals surface area contributed by atoms with Crippen molar-refractivity contribution < 1.29 is 28.8 Å². The van der Waals surface area contributed by atoms with Gasteiger partial charge in [0.2, 0.25) is 0 Å². The summed E-state index contributed by atoms with van der Waals surface area (Å²) >= 11 is 0. The minimum Gasteiger partial charge on any atom is -0.493 e. The van der Waals surface area contributed by atoms with Crippen molar-refractivity contribution in [3.05, 3.63) is 42.0 Å². The highest BCUT2D eigenvalue weighted by molar-refractivity contribution is 5.80. The van der Waals surface area contributed by atoms with Crippen molar-refractivity contribution in [2.75, 3.05) is 34.2 Å². The largest absolute Gasteiger partial charge is 0.493 e. The molecule has 6 nitrogen and oxygen atoms in total. The number of hydrogen-bond acceptors (Lipinski definition) is 5. The summed E-state index contributed by atoms with van der Waals surface area (Å²) < 4.78 is 21.0. The number of carboxylic acid groups (broad SMARTS) is 1. The number of allylic oxidation sites excluding steroid dienone is 2. The molecule has 1 aromatic carbocycles. The van der Waals surface area contributed by atoms with E-state index in [1.54, 1.807) is 32.4 Å². The fourth-order valence-electron chi connectivity index (χ4n) is 1.58. The van der Waals surface area contributed by atoms with Gasteiger partial charge >= 0.3 is 5.97 Å². The van der Waals surface area contributed by atoms with Crippen LogP contribution in [0.5, 0.6) is 11.5 Å². The Labute approximate surface area is 129 Å². The van der Waals surface area contributed by atoms with Crippen LogP contribution in [-0.2, 0) is 14.3 Å². The molecule has 0 heterocycles. The summed E-state index contributed by atoms with van der Waals surface area (Å²) in [5.41, 5.74) is 0.754. The molecule has 0 aromatic heterocycles. The summed E-state index contributed by atoms with van der Waals surface area (Å²) in [5.74, 6) is 0.0976. The number of ether oxygens (including phenoxy) is 4. The molecule has 0 spiro atoms. The van der Waals surface area contributed by atoms with Crippen LogP contribution in [0.4, 0.5) is 0 Å². The zero-order chi connectivity index (χ0) is 16.2. The van der Waals surface area contributed by atoms with E-state index in [9.17, 15) is 4.79 Å². The van der Waals surface area contributed by atoms with Crippen molar-refractivity contribution in [3.63, 3.8) is 0 Å². The number of carboxylic acids is 1. The maximum atomic E-state index is 10.4. The number of para-hydroxylation sites is 1. The Hall–Kier alpha value is -2.31. The molecule has 0 aliphatic heterocycles. The lowest BCUT2D eigenvalue weighted by Crippen LogP contribution is -2.09. The molecule has 0 radical (unpaired) electrons. The first-order chi connectivity index (χ1) is 10.7. The van der Waals surface area contributed by atoms with Crippen LogP contribution in [0, 0.1) is 0 Å². The molecule has 1 N–H and O–H groups in total. The molecule has 0 aliphatic carbocycles. The number of rotatable bonds is 10. The van der Waals surface area contributed by atoms with Gasteiger partial charge in [-0.1, -0.05) is 30.4 Å². The topological polar surface area (TPSA) is 74.2 Å². The van der Waals surface area contributed by atoms with Crippen molar-refractivity contribution in [2.24, 2.45) is 0 Å². The average molecular weight is 308 g/mol. The van der Waals surface area contributed by atoms with Gasteiger partial charge in [0.25, 0.3) is 0 Å². The second-order valence-electron chi connectivity index (χ2n) is 4.10. The van der Waals surface area contributed by atoms with E-state index < -0.39 is 5.97 Å². The Morgan fingerprint density at radius 1 is 1.23 bits per heavy atom. The van der Waals surface area contributed by atoms with Gasteiger partial charge in [-0.25, -0.2) is 4.79 Å². The third kappa shape index (κ3) is 6.43. The van der Waals surface area contributed by atoms with Crippen molar-refractivity contribution >= 4 is 12.0 Å². The van der Waals surface area contributed by atoms with E-state index >= 15 is 0 Å². The highest BCUT2D eigenvalue weighted by atomic mass is 16.7. The first-order valence-corrected chi connectivity index (χ1v) is 6.63. The molecular weight excluding hydrogens is 288 g/mol. The lowest BCUT2D eigenvalue weighted by molar-refractivity contribution is -0.131. The Bertz CT molecular complexity index is 521. The zero-order valence-corrected chi connectivity index (χ0v) is 12.7. The van der Waals surface area contributed by atoms with Crippen LogP contribution in [0.25, 0.3) is 6.08 Å². The van der Waals surface area contributed by atoms with E-state index in [1.165, 1.54) is 6.08 Å².